The standard InChI is InChI=1S/C23H25ClFN3O2/c1-14-18(11-16(24)12-26-14)21(29)27-17-9-7-15(8-10-17)13-28-20-6-4-3-5-19(20)23(2,25)22(28)30/h3-6,11-12,15,17H,7-10,13H2,1-2H3,(H,27,29)/t15?,17?,23-/m0/s1. The molecular weight excluding hydrogens is 405 g/mol. The van der Waals surface area contributed by atoms with Crippen LogP contribution in [0.5, 0.6) is 0 Å². The molecule has 1 aromatic carbocycles. The number of rotatable bonds is 4. The Labute approximate surface area is 180 Å². The lowest BCUT2D eigenvalue weighted by molar-refractivity contribution is -0.128. The van der Waals surface area contributed by atoms with Crippen LogP contribution in [0.3, 0.4) is 0 Å². The van der Waals surface area contributed by atoms with Crippen molar-refractivity contribution in [3.63, 3.8) is 0 Å². The van der Waals surface area contributed by atoms with Crippen molar-refractivity contribution in [3.05, 3.63) is 58.4 Å². The lowest BCUT2D eigenvalue weighted by Crippen LogP contribution is -2.42. The first kappa shape index (κ1) is 20.8. The molecule has 2 aromatic rings. The zero-order chi connectivity index (χ0) is 21.5. The lowest BCUT2D eigenvalue weighted by atomic mass is 9.85. The number of amides is 2. The van der Waals surface area contributed by atoms with E-state index >= 15 is 0 Å². The summed E-state index contributed by atoms with van der Waals surface area (Å²) in [5.41, 5.74) is 0.287. The van der Waals surface area contributed by atoms with E-state index in [0.717, 1.165) is 25.7 Å². The van der Waals surface area contributed by atoms with Crippen molar-refractivity contribution in [3.8, 4) is 0 Å². The predicted molar refractivity (Wildman–Crippen MR) is 114 cm³/mol. The normalized spacial score (nSPS) is 25.9. The van der Waals surface area contributed by atoms with E-state index < -0.39 is 11.6 Å². The summed E-state index contributed by atoms with van der Waals surface area (Å²) in [6.07, 6.45) is 4.90. The van der Waals surface area contributed by atoms with E-state index in [1.807, 2.05) is 12.1 Å². The van der Waals surface area contributed by atoms with E-state index in [1.54, 1.807) is 30.0 Å². The van der Waals surface area contributed by atoms with Crippen LogP contribution >= 0.6 is 11.6 Å². The number of carbonyl (C=O) groups is 2. The zero-order valence-electron chi connectivity index (χ0n) is 17.1. The summed E-state index contributed by atoms with van der Waals surface area (Å²) in [7, 11) is 0. The van der Waals surface area contributed by atoms with Gasteiger partial charge in [-0.1, -0.05) is 29.8 Å². The molecule has 4 rings (SSSR count). The SMILES string of the molecule is Cc1ncc(Cl)cc1C(=O)NC1CCC(CN2C(=O)[C@@](C)(F)c3ccccc32)CC1. The van der Waals surface area contributed by atoms with Gasteiger partial charge in [0.25, 0.3) is 11.8 Å². The predicted octanol–water partition coefficient (Wildman–Crippen LogP) is 4.56. The van der Waals surface area contributed by atoms with E-state index in [4.69, 9.17) is 11.6 Å². The second-order valence-electron chi connectivity index (χ2n) is 8.41. The van der Waals surface area contributed by atoms with Gasteiger partial charge < -0.3 is 10.2 Å². The number of carbonyl (C=O) groups excluding carboxylic acids is 2. The average Bonchev–Trinajstić information content (AvgIpc) is 2.92. The molecule has 158 valence electrons. The highest BCUT2D eigenvalue weighted by Crippen LogP contribution is 2.43. The smallest absolute Gasteiger partial charge is 0.269 e. The third-order valence-corrected chi connectivity index (χ3v) is 6.48. The van der Waals surface area contributed by atoms with Gasteiger partial charge in [0.1, 0.15) is 0 Å². The molecule has 1 N–H and O–H groups in total. The Bertz CT molecular complexity index is 986. The number of alkyl halides is 1. The van der Waals surface area contributed by atoms with Gasteiger partial charge in [-0.05, 0) is 57.6 Å². The fourth-order valence-corrected chi connectivity index (χ4v) is 4.67. The van der Waals surface area contributed by atoms with Gasteiger partial charge in [0.2, 0.25) is 5.67 Å². The maximum atomic E-state index is 15.0. The number of hydrogen-bond donors (Lipinski definition) is 1. The molecule has 0 spiro atoms. The fraction of sp³-hybridized carbons (Fsp3) is 0.435. The molecule has 0 unspecified atom stereocenters. The van der Waals surface area contributed by atoms with Crippen molar-refractivity contribution in [2.24, 2.45) is 5.92 Å². The third kappa shape index (κ3) is 3.81. The molecule has 1 aromatic heterocycles. The van der Waals surface area contributed by atoms with Crippen LogP contribution < -0.4 is 10.2 Å². The molecule has 0 radical (unpaired) electrons. The van der Waals surface area contributed by atoms with Crippen molar-refractivity contribution in [2.75, 3.05) is 11.4 Å². The summed E-state index contributed by atoms with van der Waals surface area (Å²) in [5, 5.41) is 3.51. The molecular formula is C23H25ClFN3O2. The average molecular weight is 430 g/mol. The molecule has 5 nitrogen and oxygen atoms in total. The van der Waals surface area contributed by atoms with Crippen LogP contribution in [0.2, 0.25) is 5.02 Å². The Hall–Kier alpha value is -2.47. The van der Waals surface area contributed by atoms with Crippen molar-refractivity contribution >= 4 is 29.1 Å². The van der Waals surface area contributed by atoms with Crippen LogP contribution in [0.15, 0.2) is 36.5 Å². The highest BCUT2D eigenvalue weighted by Gasteiger charge is 2.48. The van der Waals surface area contributed by atoms with Gasteiger partial charge in [-0.25, -0.2) is 4.39 Å². The first-order valence-electron chi connectivity index (χ1n) is 10.3. The molecule has 7 heteroatoms. The zero-order valence-corrected chi connectivity index (χ0v) is 17.9. The van der Waals surface area contributed by atoms with Crippen LogP contribution in [0.4, 0.5) is 10.1 Å². The Morgan fingerprint density at radius 1 is 1.30 bits per heavy atom. The minimum atomic E-state index is -1.97. The molecule has 2 aliphatic rings. The topological polar surface area (TPSA) is 62.3 Å². The van der Waals surface area contributed by atoms with Gasteiger partial charge in [0.05, 0.1) is 22.0 Å². The number of aryl methyl sites for hydroxylation is 1. The van der Waals surface area contributed by atoms with E-state index in [0.29, 0.717) is 34.1 Å². The number of anilines is 1. The monoisotopic (exact) mass is 429 g/mol. The molecule has 1 fully saturated rings. The lowest BCUT2D eigenvalue weighted by Gasteiger charge is -2.32. The number of pyridine rings is 1. The summed E-state index contributed by atoms with van der Waals surface area (Å²) >= 11 is 5.97. The van der Waals surface area contributed by atoms with Crippen molar-refractivity contribution in [2.45, 2.75) is 51.2 Å². The van der Waals surface area contributed by atoms with Gasteiger partial charge in [-0.3, -0.25) is 14.6 Å². The second kappa shape index (κ2) is 7.99. The van der Waals surface area contributed by atoms with Gasteiger partial charge in [0.15, 0.2) is 0 Å². The first-order chi connectivity index (χ1) is 14.3. The van der Waals surface area contributed by atoms with Crippen LogP contribution in [-0.4, -0.2) is 29.4 Å². The molecule has 2 amide bonds. The Kier molecular flexibility index (Phi) is 5.53. The quantitative estimate of drug-likeness (QED) is 0.774. The minimum absolute atomic E-state index is 0.0696. The van der Waals surface area contributed by atoms with E-state index in [9.17, 15) is 14.0 Å². The summed E-state index contributed by atoms with van der Waals surface area (Å²) in [6.45, 7) is 3.63. The maximum absolute atomic E-state index is 15.0. The highest BCUT2D eigenvalue weighted by atomic mass is 35.5. The van der Waals surface area contributed by atoms with Gasteiger partial charge in [-0.2, -0.15) is 0 Å². The highest BCUT2D eigenvalue weighted by molar-refractivity contribution is 6.30. The van der Waals surface area contributed by atoms with Crippen molar-refractivity contribution in [1.82, 2.24) is 10.3 Å². The number of benzene rings is 1. The molecule has 0 saturated heterocycles. The number of para-hydroxylation sites is 1. The Morgan fingerprint density at radius 2 is 2.00 bits per heavy atom. The van der Waals surface area contributed by atoms with Crippen LogP contribution in [0, 0.1) is 12.8 Å². The summed E-state index contributed by atoms with van der Waals surface area (Å²) in [6, 6.07) is 8.80. The number of fused-ring (bicyclic) bond motifs is 1. The summed E-state index contributed by atoms with van der Waals surface area (Å²) in [5.74, 6) is -0.371. The third-order valence-electron chi connectivity index (χ3n) is 6.27. The first-order valence-corrected chi connectivity index (χ1v) is 10.7. The summed E-state index contributed by atoms with van der Waals surface area (Å²) < 4.78 is 15.0. The van der Waals surface area contributed by atoms with Gasteiger partial charge >= 0.3 is 0 Å². The number of nitrogens with zero attached hydrogens (tertiary/aromatic N) is 2. The molecule has 0 bridgehead atoms. The fourth-order valence-electron chi connectivity index (χ4n) is 4.51. The Balaban J connectivity index is 1.36. The Morgan fingerprint density at radius 3 is 2.73 bits per heavy atom. The van der Waals surface area contributed by atoms with Gasteiger partial charge in [-0.15, -0.1) is 0 Å². The molecule has 1 aliphatic carbocycles. The summed E-state index contributed by atoms with van der Waals surface area (Å²) in [4.78, 5) is 31.0. The number of nitrogens with one attached hydrogen (secondary N) is 1. The number of hydrogen-bond acceptors (Lipinski definition) is 3. The van der Waals surface area contributed by atoms with Crippen LogP contribution in [0.1, 0.15) is 54.2 Å². The number of aromatic nitrogens is 1. The molecule has 1 aliphatic heterocycles. The minimum Gasteiger partial charge on any atom is -0.349 e. The number of halogens is 2. The second-order valence-corrected chi connectivity index (χ2v) is 8.85. The van der Waals surface area contributed by atoms with Crippen molar-refractivity contribution in [1.29, 1.82) is 0 Å². The molecule has 1 saturated carbocycles. The van der Waals surface area contributed by atoms with E-state index in [1.165, 1.54) is 13.1 Å². The van der Waals surface area contributed by atoms with Crippen LogP contribution in [-0.2, 0) is 10.5 Å². The largest absolute Gasteiger partial charge is 0.349 e. The molecule has 2 heterocycles. The van der Waals surface area contributed by atoms with E-state index in [2.05, 4.69) is 10.3 Å². The van der Waals surface area contributed by atoms with Crippen molar-refractivity contribution < 1.29 is 14.0 Å². The molecule has 1 atom stereocenters. The van der Waals surface area contributed by atoms with E-state index in [-0.39, 0.29) is 17.9 Å². The maximum Gasteiger partial charge on any atom is 0.269 e. The van der Waals surface area contributed by atoms with Crippen LogP contribution in [0.25, 0.3) is 0 Å². The molecule has 30 heavy (non-hydrogen) atoms. The van der Waals surface area contributed by atoms with Gasteiger partial charge in [0, 0.05) is 24.3 Å².